The highest BCUT2D eigenvalue weighted by atomic mass is 79.9. The number of hydrogen-bond acceptors (Lipinski definition) is 2. The van der Waals surface area contributed by atoms with Crippen molar-refractivity contribution in [3.05, 3.63) is 33.8 Å². The summed E-state index contributed by atoms with van der Waals surface area (Å²) < 4.78 is 42.3. The predicted molar refractivity (Wildman–Crippen MR) is 59.6 cm³/mol. The van der Waals surface area contributed by atoms with Crippen LogP contribution in [0.25, 0.3) is 0 Å². The van der Waals surface area contributed by atoms with Crippen LogP contribution in [0, 0.1) is 0 Å². The number of benzene rings is 1. The highest BCUT2D eigenvalue weighted by molar-refractivity contribution is 9.10. The third-order valence-electron chi connectivity index (χ3n) is 2.36. The first-order chi connectivity index (χ1) is 7.79. The molecule has 0 aromatic heterocycles. The molecule has 2 nitrogen and oxygen atoms in total. The van der Waals surface area contributed by atoms with Crippen LogP contribution in [0.2, 0.25) is 0 Å². The third-order valence-corrected chi connectivity index (χ3v) is 3.24. The molecule has 1 aromatic carbocycles. The van der Waals surface area contributed by atoms with Gasteiger partial charge in [0.15, 0.2) is 0 Å². The van der Waals surface area contributed by atoms with Gasteiger partial charge < -0.3 is 4.74 Å². The summed E-state index contributed by atoms with van der Waals surface area (Å²) in [5, 5.41) is 0. The average molecular weight is 311 g/mol. The van der Waals surface area contributed by atoms with E-state index in [1.165, 1.54) is 26.2 Å². The maximum absolute atomic E-state index is 12.6. The molecule has 0 amide bonds. The van der Waals surface area contributed by atoms with Crippen LogP contribution in [0.15, 0.2) is 22.7 Å². The van der Waals surface area contributed by atoms with E-state index in [1.54, 1.807) is 0 Å². The molecular formula is C11H10BrF3O2. The van der Waals surface area contributed by atoms with Crippen molar-refractivity contribution >= 4 is 21.9 Å². The summed E-state index contributed by atoms with van der Waals surface area (Å²) in [6, 6.07) is 3.68. The number of esters is 1. The molecule has 0 heterocycles. The van der Waals surface area contributed by atoms with Crippen molar-refractivity contribution in [1.82, 2.24) is 0 Å². The third kappa shape index (κ3) is 3.00. The van der Waals surface area contributed by atoms with Crippen LogP contribution in [0.4, 0.5) is 13.2 Å². The van der Waals surface area contributed by atoms with E-state index < -0.39 is 23.6 Å². The lowest BCUT2D eigenvalue weighted by atomic mass is 9.99. The summed E-state index contributed by atoms with van der Waals surface area (Å²) in [6.07, 6.45) is -4.45. The molecule has 0 bridgehead atoms. The van der Waals surface area contributed by atoms with Crippen molar-refractivity contribution < 1.29 is 22.7 Å². The first-order valence-corrected chi connectivity index (χ1v) is 5.51. The van der Waals surface area contributed by atoms with Crippen LogP contribution in [-0.4, -0.2) is 13.1 Å². The van der Waals surface area contributed by atoms with E-state index in [4.69, 9.17) is 0 Å². The molecule has 0 aliphatic rings. The van der Waals surface area contributed by atoms with Gasteiger partial charge in [-0.05, 0) is 34.5 Å². The molecular weight excluding hydrogens is 301 g/mol. The van der Waals surface area contributed by atoms with Gasteiger partial charge in [-0.15, -0.1) is 0 Å². The van der Waals surface area contributed by atoms with Gasteiger partial charge in [0, 0.05) is 4.47 Å². The van der Waals surface area contributed by atoms with E-state index >= 15 is 0 Å². The minimum absolute atomic E-state index is 0.120. The van der Waals surface area contributed by atoms with Crippen LogP contribution < -0.4 is 0 Å². The lowest BCUT2D eigenvalue weighted by Crippen LogP contribution is -2.14. The molecule has 1 rings (SSSR count). The average Bonchev–Trinajstić information content (AvgIpc) is 2.25. The van der Waals surface area contributed by atoms with Gasteiger partial charge in [-0.3, -0.25) is 4.79 Å². The first-order valence-electron chi connectivity index (χ1n) is 4.72. The fourth-order valence-electron chi connectivity index (χ4n) is 1.41. The van der Waals surface area contributed by atoms with E-state index in [0.717, 1.165) is 6.07 Å². The fraction of sp³-hybridized carbons (Fsp3) is 0.364. The van der Waals surface area contributed by atoms with Crippen LogP contribution in [-0.2, 0) is 15.7 Å². The maximum Gasteiger partial charge on any atom is 0.417 e. The lowest BCUT2D eigenvalue weighted by molar-refractivity contribution is -0.142. The number of rotatable bonds is 2. The van der Waals surface area contributed by atoms with Crippen molar-refractivity contribution in [2.75, 3.05) is 7.11 Å². The molecule has 0 aliphatic carbocycles. The van der Waals surface area contributed by atoms with Crippen LogP contribution in [0.3, 0.4) is 0 Å². The fourth-order valence-corrected chi connectivity index (χ4v) is 2.24. The minimum atomic E-state index is -4.45. The molecule has 94 valence electrons. The Labute approximate surface area is 105 Å². The van der Waals surface area contributed by atoms with Crippen LogP contribution in [0.5, 0.6) is 0 Å². The molecule has 0 saturated heterocycles. The second-order valence-electron chi connectivity index (χ2n) is 3.45. The SMILES string of the molecule is COC(=O)[C@H](C)c1cccc(C(F)(F)F)c1Br. The number of carbonyl (C=O) groups is 1. The molecule has 0 fully saturated rings. The Morgan fingerprint density at radius 2 is 2.00 bits per heavy atom. The highest BCUT2D eigenvalue weighted by Crippen LogP contribution is 2.38. The zero-order chi connectivity index (χ0) is 13.2. The number of hydrogen-bond donors (Lipinski definition) is 0. The van der Waals surface area contributed by atoms with Gasteiger partial charge in [0.2, 0.25) is 0 Å². The quantitative estimate of drug-likeness (QED) is 0.778. The number of ether oxygens (including phenoxy) is 1. The Morgan fingerprint density at radius 1 is 1.41 bits per heavy atom. The number of alkyl halides is 3. The summed E-state index contributed by atoms with van der Waals surface area (Å²) in [6.45, 7) is 1.49. The second-order valence-corrected chi connectivity index (χ2v) is 4.24. The van der Waals surface area contributed by atoms with Crippen molar-refractivity contribution in [1.29, 1.82) is 0 Å². The Morgan fingerprint density at radius 3 is 2.47 bits per heavy atom. The summed E-state index contributed by atoms with van der Waals surface area (Å²) in [7, 11) is 1.19. The largest absolute Gasteiger partial charge is 0.469 e. The molecule has 0 unspecified atom stereocenters. The Bertz CT molecular complexity index is 429. The minimum Gasteiger partial charge on any atom is -0.469 e. The van der Waals surface area contributed by atoms with Crippen LogP contribution in [0.1, 0.15) is 24.0 Å². The first kappa shape index (κ1) is 14.0. The standard InChI is InChI=1S/C11H10BrF3O2/c1-6(10(16)17-2)7-4-3-5-8(9(7)12)11(13,14)15/h3-6H,1-2H3/t6-/m1/s1. The summed E-state index contributed by atoms with van der Waals surface area (Å²) in [4.78, 5) is 11.3. The number of carbonyl (C=O) groups excluding carboxylic acids is 1. The smallest absolute Gasteiger partial charge is 0.417 e. The Balaban J connectivity index is 3.24. The molecule has 1 atom stereocenters. The van der Waals surface area contributed by atoms with Gasteiger partial charge in [-0.2, -0.15) is 13.2 Å². The Hall–Kier alpha value is -1.04. The van der Waals surface area contributed by atoms with Gasteiger partial charge in [-0.1, -0.05) is 12.1 Å². The molecule has 1 aromatic rings. The topological polar surface area (TPSA) is 26.3 Å². The zero-order valence-electron chi connectivity index (χ0n) is 9.14. The van der Waals surface area contributed by atoms with Crippen molar-refractivity contribution in [3.8, 4) is 0 Å². The van der Waals surface area contributed by atoms with Crippen molar-refractivity contribution in [2.24, 2.45) is 0 Å². The molecule has 0 spiro atoms. The van der Waals surface area contributed by atoms with Gasteiger partial charge in [0.1, 0.15) is 0 Å². The normalized spacial score (nSPS) is 13.3. The van der Waals surface area contributed by atoms with Gasteiger partial charge >= 0.3 is 12.1 Å². The summed E-state index contributed by atoms with van der Waals surface area (Å²) in [5.41, 5.74) is -0.544. The van der Waals surface area contributed by atoms with Crippen molar-refractivity contribution in [2.45, 2.75) is 19.0 Å². The number of methoxy groups -OCH3 is 1. The summed E-state index contributed by atoms with van der Waals surface area (Å²) >= 11 is 2.89. The van der Waals surface area contributed by atoms with Crippen molar-refractivity contribution in [3.63, 3.8) is 0 Å². The van der Waals surface area contributed by atoms with E-state index in [2.05, 4.69) is 20.7 Å². The van der Waals surface area contributed by atoms with E-state index in [0.29, 0.717) is 0 Å². The zero-order valence-corrected chi connectivity index (χ0v) is 10.7. The Kier molecular flexibility index (Phi) is 4.19. The summed E-state index contributed by atoms with van der Waals surface area (Å²) in [5.74, 6) is -1.33. The van der Waals surface area contributed by atoms with Gasteiger partial charge in [0.25, 0.3) is 0 Å². The predicted octanol–water partition coefficient (Wildman–Crippen LogP) is 3.74. The van der Waals surface area contributed by atoms with E-state index in [9.17, 15) is 18.0 Å². The lowest BCUT2D eigenvalue weighted by Gasteiger charge is -2.15. The van der Waals surface area contributed by atoms with Crippen LogP contribution >= 0.6 is 15.9 Å². The molecule has 6 heteroatoms. The second kappa shape index (κ2) is 5.08. The molecule has 0 N–H and O–H groups in total. The monoisotopic (exact) mass is 310 g/mol. The van der Waals surface area contributed by atoms with Gasteiger partial charge in [0.05, 0.1) is 18.6 Å². The molecule has 0 saturated carbocycles. The van der Waals surface area contributed by atoms with Gasteiger partial charge in [-0.25, -0.2) is 0 Å². The molecule has 17 heavy (non-hydrogen) atoms. The molecule has 0 radical (unpaired) electrons. The number of halogens is 4. The highest BCUT2D eigenvalue weighted by Gasteiger charge is 2.34. The maximum atomic E-state index is 12.6. The van der Waals surface area contributed by atoms with E-state index in [1.807, 2.05) is 0 Å². The van der Waals surface area contributed by atoms with E-state index in [-0.39, 0.29) is 10.0 Å². The molecule has 0 aliphatic heterocycles.